The number of hydrogen-bond acceptors (Lipinski definition) is 7. The SMILES string of the molecule is C/C(=C\c1ccccc1)CN1CCN(CC2ON=C3c4cnncc4OCC32)CC1. The molecule has 30 heavy (non-hydrogen) atoms. The Labute approximate surface area is 177 Å². The van der Waals surface area contributed by atoms with Gasteiger partial charge in [0.15, 0.2) is 6.10 Å². The van der Waals surface area contributed by atoms with Crippen molar-refractivity contribution in [2.45, 2.75) is 13.0 Å². The van der Waals surface area contributed by atoms with E-state index < -0.39 is 0 Å². The third kappa shape index (κ3) is 4.08. The lowest BCUT2D eigenvalue weighted by Gasteiger charge is -2.36. The van der Waals surface area contributed by atoms with Gasteiger partial charge in [-0.2, -0.15) is 10.2 Å². The minimum Gasteiger partial charge on any atom is -0.490 e. The van der Waals surface area contributed by atoms with E-state index >= 15 is 0 Å². The quantitative estimate of drug-likeness (QED) is 0.761. The highest BCUT2D eigenvalue weighted by molar-refractivity contribution is 6.05. The summed E-state index contributed by atoms with van der Waals surface area (Å²) in [5.74, 6) is 0.910. The fourth-order valence-electron chi connectivity index (χ4n) is 4.45. The molecule has 2 unspecified atom stereocenters. The maximum atomic E-state index is 5.87. The van der Waals surface area contributed by atoms with Crippen molar-refractivity contribution in [3.8, 4) is 5.75 Å². The van der Waals surface area contributed by atoms with Gasteiger partial charge in [-0.3, -0.25) is 9.80 Å². The van der Waals surface area contributed by atoms with Gasteiger partial charge in [-0.1, -0.05) is 47.1 Å². The number of ether oxygens (including phenoxy) is 1. The van der Waals surface area contributed by atoms with Crippen molar-refractivity contribution < 1.29 is 9.57 Å². The first-order chi connectivity index (χ1) is 14.8. The first-order valence-corrected chi connectivity index (χ1v) is 10.6. The van der Waals surface area contributed by atoms with E-state index in [1.54, 1.807) is 12.4 Å². The summed E-state index contributed by atoms with van der Waals surface area (Å²) in [5.41, 5.74) is 4.53. The van der Waals surface area contributed by atoms with E-state index in [2.05, 4.69) is 68.5 Å². The molecule has 0 amide bonds. The molecule has 1 aromatic carbocycles. The van der Waals surface area contributed by atoms with Gasteiger partial charge in [0.25, 0.3) is 0 Å². The van der Waals surface area contributed by atoms with Crippen molar-refractivity contribution in [2.24, 2.45) is 11.1 Å². The molecule has 3 aliphatic rings. The Morgan fingerprint density at radius 1 is 1.07 bits per heavy atom. The molecule has 5 rings (SSSR count). The lowest BCUT2D eigenvalue weighted by molar-refractivity contribution is 0.0101. The number of nitrogens with zero attached hydrogens (tertiary/aromatic N) is 5. The second-order valence-corrected chi connectivity index (χ2v) is 8.28. The highest BCUT2D eigenvalue weighted by Gasteiger charge is 2.41. The van der Waals surface area contributed by atoms with E-state index in [1.807, 2.05) is 0 Å². The van der Waals surface area contributed by atoms with Crippen LogP contribution in [0, 0.1) is 5.92 Å². The summed E-state index contributed by atoms with van der Waals surface area (Å²) in [6, 6.07) is 10.5. The van der Waals surface area contributed by atoms with Crippen molar-refractivity contribution in [1.82, 2.24) is 20.0 Å². The average molecular weight is 406 g/mol. The number of hydrogen-bond donors (Lipinski definition) is 0. The Hall–Kier alpha value is -2.77. The van der Waals surface area contributed by atoms with Crippen LogP contribution in [0.4, 0.5) is 0 Å². The standard InChI is InChI=1S/C23H27N5O2/c1-17(11-18-5-3-2-4-6-18)14-27-7-9-28(10-8-27)15-22-20-16-29-21-13-25-24-12-19(21)23(20)26-30-22/h2-6,11-13,20,22H,7-10,14-16H2,1H3/b17-11+. The van der Waals surface area contributed by atoms with Gasteiger partial charge < -0.3 is 9.57 Å². The molecule has 3 aliphatic heterocycles. The predicted molar refractivity (Wildman–Crippen MR) is 115 cm³/mol. The number of benzene rings is 1. The molecule has 2 atom stereocenters. The maximum Gasteiger partial charge on any atom is 0.151 e. The summed E-state index contributed by atoms with van der Waals surface area (Å²) >= 11 is 0. The van der Waals surface area contributed by atoms with Crippen molar-refractivity contribution in [3.05, 3.63) is 59.4 Å². The van der Waals surface area contributed by atoms with Crippen LogP contribution in [0.2, 0.25) is 0 Å². The van der Waals surface area contributed by atoms with Crippen LogP contribution < -0.4 is 4.74 Å². The lowest BCUT2D eigenvalue weighted by atomic mass is 9.91. The van der Waals surface area contributed by atoms with E-state index in [-0.39, 0.29) is 12.0 Å². The molecular formula is C23H27N5O2. The minimum atomic E-state index is 0.0348. The number of rotatable bonds is 5. The van der Waals surface area contributed by atoms with Gasteiger partial charge in [0.1, 0.15) is 18.1 Å². The summed E-state index contributed by atoms with van der Waals surface area (Å²) in [6.07, 6.45) is 5.68. The molecular weight excluding hydrogens is 378 g/mol. The highest BCUT2D eigenvalue weighted by atomic mass is 16.6. The zero-order valence-corrected chi connectivity index (χ0v) is 17.3. The summed E-state index contributed by atoms with van der Waals surface area (Å²) < 4.78 is 5.87. The van der Waals surface area contributed by atoms with Crippen LogP contribution >= 0.6 is 0 Å². The largest absolute Gasteiger partial charge is 0.490 e. The molecule has 156 valence electrons. The Morgan fingerprint density at radius 3 is 2.67 bits per heavy atom. The Balaban J connectivity index is 1.12. The maximum absolute atomic E-state index is 5.87. The zero-order valence-electron chi connectivity index (χ0n) is 17.3. The van der Waals surface area contributed by atoms with Gasteiger partial charge in [-0.25, -0.2) is 0 Å². The predicted octanol–water partition coefficient (Wildman–Crippen LogP) is 2.31. The molecule has 1 fully saturated rings. The molecule has 7 heteroatoms. The zero-order chi connectivity index (χ0) is 20.3. The number of oxime groups is 1. The first-order valence-electron chi connectivity index (χ1n) is 10.6. The second-order valence-electron chi connectivity index (χ2n) is 8.28. The summed E-state index contributed by atoms with van der Waals surface area (Å²) in [5, 5.41) is 12.2. The van der Waals surface area contributed by atoms with Gasteiger partial charge in [0.2, 0.25) is 0 Å². The van der Waals surface area contributed by atoms with Gasteiger partial charge in [0.05, 0.1) is 23.9 Å². The van der Waals surface area contributed by atoms with Crippen LogP contribution in [0.1, 0.15) is 18.1 Å². The van der Waals surface area contributed by atoms with Crippen LogP contribution in [0.25, 0.3) is 6.08 Å². The normalized spacial score (nSPS) is 24.4. The molecule has 0 bridgehead atoms. The van der Waals surface area contributed by atoms with E-state index in [4.69, 9.17) is 9.57 Å². The minimum absolute atomic E-state index is 0.0348. The fourth-order valence-corrected chi connectivity index (χ4v) is 4.45. The van der Waals surface area contributed by atoms with Gasteiger partial charge in [0, 0.05) is 39.3 Å². The van der Waals surface area contributed by atoms with E-state index in [0.29, 0.717) is 6.61 Å². The summed E-state index contributed by atoms with van der Waals surface area (Å²) in [7, 11) is 0. The average Bonchev–Trinajstić information content (AvgIpc) is 3.19. The van der Waals surface area contributed by atoms with Gasteiger partial charge >= 0.3 is 0 Å². The molecule has 7 nitrogen and oxygen atoms in total. The van der Waals surface area contributed by atoms with Crippen molar-refractivity contribution in [1.29, 1.82) is 0 Å². The number of piperazine rings is 1. The molecule has 0 radical (unpaired) electrons. The number of aromatic nitrogens is 2. The third-order valence-corrected chi connectivity index (χ3v) is 6.06. The lowest BCUT2D eigenvalue weighted by Crippen LogP contribution is -2.50. The van der Waals surface area contributed by atoms with Crippen LogP contribution in [0.5, 0.6) is 5.75 Å². The molecule has 0 aliphatic carbocycles. The first kappa shape index (κ1) is 19.2. The van der Waals surface area contributed by atoms with Crippen molar-refractivity contribution in [3.63, 3.8) is 0 Å². The van der Waals surface area contributed by atoms with Crippen LogP contribution in [0.15, 0.2) is 53.5 Å². The molecule has 2 aromatic rings. The Bertz CT molecular complexity index is 938. The van der Waals surface area contributed by atoms with Gasteiger partial charge in [-0.05, 0) is 12.5 Å². The Morgan fingerprint density at radius 2 is 1.83 bits per heavy atom. The molecule has 0 saturated carbocycles. The van der Waals surface area contributed by atoms with Crippen LogP contribution in [-0.2, 0) is 4.84 Å². The third-order valence-electron chi connectivity index (χ3n) is 6.06. The van der Waals surface area contributed by atoms with E-state index in [1.165, 1.54) is 11.1 Å². The highest BCUT2D eigenvalue weighted by Crippen LogP contribution is 2.33. The van der Waals surface area contributed by atoms with Gasteiger partial charge in [-0.15, -0.1) is 0 Å². The molecule has 0 N–H and O–H groups in total. The number of fused-ring (bicyclic) bond motifs is 3. The van der Waals surface area contributed by atoms with Crippen molar-refractivity contribution >= 4 is 11.8 Å². The van der Waals surface area contributed by atoms with Crippen LogP contribution in [-0.4, -0.2) is 77.7 Å². The molecule has 1 saturated heterocycles. The Kier molecular flexibility index (Phi) is 5.46. The van der Waals surface area contributed by atoms with E-state index in [9.17, 15) is 0 Å². The smallest absolute Gasteiger partial charge is 0.151 e. The van der Waals surface area contributed by atoms with Crippen molar-refractivity contribution in [2.75, 3.05) is 45.9 Å². The summed E-state index contributed by atoms with van der Waals surface area (Å²) in [4.78, 5) is 10.8. The molecule has 1 aromatic heterocycles. The second kappa shape index (κ2) is 8.53. The monoisotopic (exact) mass is 405 g/mol. The fraction of sp³-hybridized carbons (Fsp3) is 0.435. The summed E-state index contributed by atoms with van der Waals surface area (Å²) in [6.45, 7) is 8.93. The molecule has 4 heterocycles. The molecule has 0 spiro atoms. The topological polar surface area (TPSA) is 63.1 Å². The van der Waals surface area contributed by atoms with E-state index in [0.717, 1.165) is 56.3 Å². The van der Waals surface area contributed by atoms with Crippen LogP contribution in [0.3, 0.4) is 0 Å².